The molecule has 0 radical (unpaired) electrons. The number of allylic oxidation sites excluding steroid dienone is 3. The third-order valence-electron chi connectivity index (χ3n) is 3.80. The number of hydrogen-bond acceptors (Lipinski definition) is 3. The zero-order chi connectivity index (χ0) is 16.2. The molecule has 1 heterocycles. The van der Waals surface area contributed by atoms with Crippen molar-refractivity contribution in [2.24, 2.45) is 0 Å². The Labute approximate surface area is 143 Å². The van der Waals surface area contributed by atoms with Crippen molar-refractivity contribution in [1.29, 1.82) is 0 Å². The molecular formula is C19H18O3Te. The van der Waals surface area contributed by atoms with Crippen LogP contribution in [0.25, 0.3) is 3.62 Å². The predicted molar refractivity (Wildman–Crippen MR) is 92.3 cm³/mol. The first-order chi connectivity index (χ1) is 11.2. The van der Waals surface area contributed by atoms with Gasteiger partial charge < -0.3 is 0 Å². The third-order valence-corrected chi connectivity index (χ3v) is 8.64. The van der Waals surface area contributed by atoms with Gasteiger partial charge in [-0.2, -0.15) is 0 Å². The van der Waals surface area contributed by atoms with Crippen molar-refractivity contribution in [3.8, 4) is 11.5 Å². The van der Waals surface area contributed by atoms with Crippen molar-refractivity contribution in [3.05, 3.63) is 77.9 Å². The summed E-state index contributed by atoms with van der Waals surface area (Å²) in [5.41, 5.74) is 2.09. The zero-order valence-electron chi connectivity index (χ0n) is 13.1. The van der Waals surface area contributed by atoms with Crippen LogP contribution in [-0.2, 0) is 3.10 Å². The van der Waals surface area contributed by atoms with Crippen molar-refractivity contribution >= 4 is 23.2 Å². The summed E-state index contributed by atoms with van der Waals surface area (Å²) in [6, 6.07) is 15.6. The summed E-state index contributed by atoms with van der Waals surface area (Å²) < 4.78 is 24.4. The van der Waals surface area contributed by atoms with Gasteiger partial charge in [0.2, 0.25) is 0 Å². The van der Waals surface area contributed by atoms with Crippen LogP contribution in [-0.4, -0.2) is 33.8 Å². The predicted octanol–water partition coefficient (Wildman–Crippen LogP) is 3.94. The van der Waals surface area contributed by atoms with Gasteiger partial charge in [0.05, 0.1) is 0 Å². The van der Waals surface area contributed by atoms with E-state index in [0.717, 1.165) is 26.2 Å². The Morgan fingerprint density at radius 2 is 1.43 bits per heavy atom. The van der Waals surface area contributed by atoms with Gasteiger partial charge in [-0.25, -0.2) is 0 Å². The first kappa shape index (κ1) is 16.0. The van der Waals surface area contributed by atoms with E-state index in [1.54, 1.807) is 14.2 Å². The van der Waals surface area contributed by atoms with Gasteiger partial charge in [-0.1, -0.05) is 0 Å². The summed E-state index contributed by atoms with van der Waals surface area (Å²) in [6.07, 6.45) is 6.02. The maximum absolute atomic E-state index is 13.1. The Bertz CT molecular complexity index is 758. The Morgan fingerprint density at radius 3 is 2.00 bits per heavy atom. The number of benzene rings is 2. The normalized spacial score (nSPS) is 17.7. The standard InChI is InChI=1S/C19H18O3Te/c1-21-16-10-6-14(7-11-16)18-4-3-5-19(23(18)20)15-8-12-17(22-2)13-9-15/h3-13,18H,1-2H3. The van der Waals surface area contributed by atoms with Crippen LogP contribution in [0.1, 0.15) is 15.1 Å². The van der Waals surface area contributed by atoms with E-state index in [1.807, 2.05) is 66.8 Å². The molecule has 1 atom stereocenters. The second kappa shape index (κ2) is 7.12. The molecule has 4 heteroatoms. The molecule has 0 aromatic heterocycles. The molecule has 1 aliphatic heterocycles. The topological polar surface area (TPSA) is 35.5 Å². The fraction of sp³-hybridized carbons (Fsp3) is 0.158. The molecule has 0 spiro atoms. The number of rotatable bonds is 4. The second-order valence-electron chi connectivity index (χ2n) is 5.14. The van der Waals surface area contributed by atoms with Gasteiger partial charge in [0.15, 0.2) is 0 Å². The summed E-state index contributed by atoms with van der Waals surface area (Å²) in [5.74, 6) is 1.62. The first-order valence-corrected chi connectivity index (χ1v) is 10.8. The van der Waals surface area contributed by atoms with Crippen molar-refractivity contribution in [2.45, 2.75) is 3.97 Å². The minimum atomic E-state index is -2.73. The molecule has 118 valence electrons. The quantitative estimate of drug-likeness (QED) is 0.701. The van der Waals surface area contributed by atoms with Gasteiger partial charge in [-0.3, -0.25) is 0 Å². The van der Waals surface area contributed by atoms with Gasteiger partial charge >= 0.3 is 143 Å². The van der Waals surface area contributed by atoms with Crippen molar-refractivity contribution in [3.63, 3.8) is 0 Å². The van der Waals surface area contributed by atoms with Crippen molar-refractivity contribution in [2.75, 3.05) is 14.2 Å². The minimum absolute atomic E-state index is 0.00777. The SMILES string of the molecule is COc1ccc(C2=CC=CC(c3ccc(OC)cc3)[Te]2=O)cc1. The molecule has 3 rings (SSSR count). The zero-order valence-corrected chi connectivity index (χ0v) is 15.4. The molecule has 1 unspecified atom stereocenters. The van der Waals surface area contributed by atoms with Gasteiger partial charge in [0.1, 0.15) is 0 Å². The molecule has 0 fully saturated rings. The molecule has 2 aromatic carbocycles. The third kappa shape index (κ3) is 3.39. The van der Waals surface area contributed by atoms with E-state index in [2.05, 4.69) is 0 Å². The molecule has 0 amide bonds. The molecular weight excluding hydrogens is 404 g/mol. The van der Waals surface area contributed by atoms with Crippen LogP contribution < -0.4 is 9.47 Å². The van der Waals surface area contributed by atoms with Crippen LogP contribution in [0.2, 0.25) is 0 Å². The van der Waals surface area contributed by atoms with E-state index in [4.69, 9.17) is 9.47 Å². The number of ether oxygens (including phenoxy) is 2. The van der Waals surface area contributed by atoms with E-state index < -0.39 is 19.5 Å². The van der Waals surface area contributed by atoms with Crippen molar-refractivity contribution < 1.29 is 12.6 Å². The fourth-order valence-electron chi connectivity index (χ4n) is 2.52. The second-order valence-corrected chi connectivity index (χ2v) is 9.54. The average Bonchev–Trinajstić information content (AvgIpc) is 2.62. The average molecular weight is 422 g/mol. The van der Waals surface area contributed by atoms with Gasteiger partial charge in [-0.15, -0.1) is 0 Å². The van der Waals surface area contributed by atoms with Crippen molar-refractivity contribution in [1.82, 2.24) is 0 Å². The summed E-state index contributed by atoms with van der Waals surface area (Å²) in [5, 5.41) is 0. The van der Waals surface area contributed by atoms with Crippen LogP contribution in [0.15, 0.2) is 66.8 Å². The first-order valence-electron chi connectivity index (χ1n) is 7.30. The molecule has 0 saturated carbocycles. The van der Waals surface area contributed by atoms with Gasteiger partial charge in [-0.05, 0) is 0 Å². The van der Waals surface area contributed by atoms with Crippen LogP contribution in [0, 0.1) is 0 Å². The molecule has 3 nitrogen and oxygen atoms in total. The Balaban J connectivity index is 1.87. The summed E-state index contributed by atoms with van der Waals surface area (Å²) in [6.45, 7) is 0. The van der Waals surface area contributed by atoms with E-state index in [0.29, 0.717) is 0 Å². The number of hydrogen-bond donors (Lipinski definition) is 0. The summed E-state index contributed by atoms with van der Waals surface area (Å²) >= 11 is -2.73. The Hall–Kier alpha value is -1.89. The molecule has 2 aromatic rings. The summed E-state index contributed by atoms with van der Waals surface area (Å²) in [4.78, 5) is 0. The fourth-order valence-corrected chi connectivity index (χ4v) is 6.77. The van der Waals surface area contributed by atoms with Crippen LogP contribution in [0.5, 0.6) is 11.5 Å². The van der Waals surface area contributed by atoms with E-state index in [9.17, 15) is 3.10 Å². The molecule has 23 heavy (non-hydrogen) atoms. The van der Waals surface area contributed by atoms with Gasteiger partial charge in [0, 0.05) is 0 Å². The number of methoxy groups -OCH3 is 2. The van der Waals surface area contributed by atoms with Crippen LogP contribution in [0.4, 0.5) is 0 Å². The molecule has 0 bridgehead atoms. The van der Waals surface area contributed by atoms with E-state index in [-0.39, 0.29) is 3.97 Å². The van der Waals surface area contributed by atoms with E-state index in [1.165, 1.54) is 0 Å². The molecule has 0 N–H and O–H groups in total. The molecule has 0 aliphatic carbocycles. The Kier molecular flexibility index (Phi) is 4.95. The van der Waals surface area contributed by atoms with Crippen LogP contribution in [0.3, 0.4) is 0 Å². The van der Waals surface area contributed by atoms with E-state index >= 15 is 0 Å². The summed E-state index contributed by atoms with van der Waals surface area (Å²) in [7, 11) is 3.29. The maximum atomic E-state index is 13.1. The van der Waals surface area contributed by atoms with Gasteiger partial charge in [0.25, 0.3) is 0 Å². The monoisotopic (exact) mass is 424 g/mol. The Morgan fingerprint density at radius 1 is 0.870 bits per heavy atom. The molecule has 0 saturated heterocycles. The molecule has 1 aliphatic rings. The van der Waals surface area contributed by atoms with Crippen LogP contribution >= 0.6 is 0 Å².